The van der Waals surface area contributed by atoms with Crippen molar-refractivity contribution in [2.45, 2.75) is 0 Å². The number of fused-ring (bicyclic) bond motifs is 1. The molecule has 2 heterocycles. The van der Waals surface area contributed by atoms with Gasteiger partial charge in [-0.2, -0.15) is 9.97 Å². The van der Waals surface area contributed by atoms with Crippen LogP contribution in [0, 0.1) is 10.1 Å². The van der Waals surface area contributed by atoms with Gasteiger partial charge >= 0.3 is 5.69 Å². The van der Waals surface area contributed by atoms with E-state index in [-0.39, 0.29) is 23.3 Å². The molecule has 1 aromatic carbocycles. The van der Waals surface area contributed by atoms with Gasteiger partial charge in [-0.1, -0.05) is 6.07 Å². The monoisotopic (exact) mass is 350 g/mol. The Balaban J connectivity index is 2.15. The van der Waals surface area contributed by atoms with Gasteiger partial charge in [0.25, 0.3) is 5.88 Å². The van der Waals surface area contributed by atoms with E-state index in [9.17, 15) is 10.1 Å². The zero-order valence-electron chi connectivity index (χ0n) is 10.3. The summed E-state index contributed by atoms with van der Waals surface area (Å²) in [4.78, 5) is 25.1. The van der Waals surface area contributed by atoms with E-state index in [2.05, 4.69) is 35.9 Å². The van der Waals surface area contributed by atoms with Crippen LogP contribution in [0.2, 0.25) is 0 Å². The van der Waals surface area contributed by atoms with Crippen molar-refractivity contribution in [2.75, 3.05) is 5.73 Å². The number of para-hydroxylation sites is 1. The molecule has 0 unspecified atom stereocenters. The van der Waals surface area contributed by atoms with Crippen molar-refractivity contribution in [3.05, 3.63) is 39.1 Å². The zero-order valence-corrected chi connectivity index (χ0v) is 11.9. The van der Waals surface area contributed by atoms with E-state index in [1.807, 2.05) is 0 Å². The molecule has 0 fully saturated rings. The summed E-state index contributed by atoms with van der Waals surface area (Å²) in [7, 11) is 0. The van der Waals surface area contributed by atoms with Crippen LogP contribution >= 0.6 is 15.9 Å². The van der Waals surface area contributed by atoms with Gasteiger partial charge in [-0.05, 0) is 22.0 Å². The second-order valence-electron chi connectivity index (χ2n) is 3.94. The first-order chi connectivity index (χ1) is 10.1. The Labute approximate surface area is 125 Å². The molecule has 0 saturated heterocycles. The molecule has 0 radical (unpaired) electrons. The Morgan fingerprint density at radius 2 is 2.19 bits per heavy atom. The number of halogens is 1. The number of nitrogens with zero attached hydrogens (tertiary/aromatic N) is 4. The van der Waals surface area contributed by atoms with Crippen LogP contribution in [0.5, 0.6) is 11.6 Å². The normalized spacial score (nSPS) is 10.7. The highest BCUT2D eigenvalue weighted by atomic mass is 79.9. The van der Waals surface area contributed by atoms with E-state index in [1.165, 1.54) is 18.5 Å². The molecule has 9 nitrogen and oxygen atoms in total. The standard InChI is InChI=1S/C11H7BrN6O3/c12-5-2-1-3-6(18(19)20)8(5)21-10-7-9(15-4-14-7)16-11(13)17-10/h1-4H,(H3,13,14,15,16,17). The summed E-state index contributed by atoms with van der Waals surface area (Å²) < 4.78 is 5.98. The van der Waals surface area contributed by atoms with Gasteiger partial charge in [0.15, 0.2) is 5.65 Å². The molecule has 0 aliphatic heterocycles. The minimum absolute atomic E-state index is 0.0245. The van der Waals surface area contributed by atoms with Crippen LogP contribution in [0.1, 0.15) is 0 Å². The van der Waals surface area contributed by atoms with Crippen LogP contribution < -0.4 is 10.5 Å². The van der Waals surface area contributed by atoms with Crippen LogP contribution in [0.15, 0.2) is 29.0 Å². The highest BCUT2D eigenvalue weighted by Gasteiger charge is 2.21. The average molecular weight is 351 g/mol. The van der Waals surface area contributed by atoms with Crippen LogP contribution in [-0.4, -0.2) is 24.9 Å². The second kappa shape index (κ2) is 4.98. The molecular formula is C11H7BrN6O3. The van der Waals surface area contributed by atoms with Crippen molar-refractivity contribution >= 4 is 38.7 Å². The molecule has 10 heteroatoms. The number of rotatable bonds is 3. The van der Waals surface area contributed by atoms with Gasteiger partial charge in [-0.25, -0.2) is 4.98 Å². The van der Waals surface area contributed by atoms with E-state index in [0.717, 1.165) is 0 Å². The second-order valence-corrected chi connectivity index (χ2v) is 4.79. The fourth-order valence-electron chi connectivity index (χ4n) is 1.74. The number of nitrogen functional groups attached to an aromatic ring is 1. The lowest BCUT2D eigenvalue weighted by atomic mass is 10.3. The summed E-state index contributed by atoms with van der Waals surface area (Å²) in [6.07, 6.45) is 1.40. The van der Waals surface area contributed by atoms with Gasteiger partial charge in [0, 0.05) is 6.07 Å². The summed E-state index contributed by atoms with van der Waals surface area (Å²) in [5.41, 5.74) is 6.08. The molecule has 106 valence electrons. The number of aromatic amines is 1. The number of aromatic nitrogens is 4. The Bertz CT molecular complexity index is 849. The van der Waals surface area contributed by atoms with Crippen LogP contribution in [0.4, 0.5) is 11.6 Å². The fourth-order valence-corrected chi connectivity index (χ4v) is 2.17. The number of nitrogens with two attached hydrogens (primary N) is 1. The van der Waals surface area contributed by atoms with Gasteiger partial charge in [0.2, 0.25) is 11.7 Å². The lowest BCUT2D eigenvalue weighted by molar-refractivity contribution is -0.385. The third-order valence-corrected chi connectivity index (χ3v) is 3.24. The first-order valence-corrected chi connectivity index (χ1v) is 6.43. The smallest absolute Gasteiger partial charge is 0.312 e. The largest absolute Gasteiger partial charge is 0.428 e. The zero-order chi connectivity index (χ0) is 15.0. The molecule has 0 bridgehead atoms. The quantitative estimate of drug-likeness (QED) is 0.547. The van der Waals surface area contributed by atoms with Crippen molar-refractivity contribution in [3.63, 3.8) is 0 Å². The number of benzene rings is 1. The van der Waals surface area contributed by atoms with Crippen molar-refractivity contribution in [2.24, 2.45) is 0 Å². The summed E-state index contributed by atoms with van der Waals surface area (Å²) in [5, 5.41) is 11.1. The van der Waals surface area contributed by atoms with E-state index >= 15 is 0 Å². The SMILES string of the molecule is Nc1nc(Oc2c(Br)cccc2[N+](=O)[O-])c2[nH]cnc2n1. The Morgan fingerprint density at radius 3 is 2.95 bits per heavy atom. The molecule has 3 rings (SSSR count). The molecule has 0 aliphatic rings. The number of imidazole rings is 1. The highest BCUT2D eigenvalue weighted by Crippen LogP contribution is 2.38. The molecule has 3 N–H and O–H groups in total. The number of nitro groups is 1. The number of nitro benzene ring substituents is 1. The van der Waals surface area contributed by atoms with Crippen molar-refractivity contribution in [1.29, 1.82) is 0 Å². The molecule has 0 aliphatic carbocycles. The Kier molecular flexibility index (Phi) is 3.14. The van der Waals surface area contributed by atoms with Crippen molar-refractivity contribution < 1.29 is 9.66 Å². The van der Waals surface area contributed by atoms with Gasteiger partial charge in [0.1, 0.15) is 5.52 Å². The fraction of sp³-hybridized carbons (Fsp3) is 0. The number of nitrogens with one attached hydrogen (secondary N) is 1. The van der Waals surface area contributed by atoms with Gasteiger partial charge < -0.3 is 15.5 Å². The molecule has 0 atom stereocenters. The van der Waals surface area contributed by atoms with E-state index in [4.69, 9.17) is 10.5 Å². The van der Waals surface area contributed by atoms with Crippen molar-refractivity contribution in [1.82, 2.24) is 19.9 Å². The maximum atomic E-state index is 11.1. The molecule has 0 saturated carbocycles. The van der Waals surface area contributed by atoms with E-state index < -0.39 is 4.92 Å². The van der Waals surface area contributed by atoms with Crippen molar-refractivity contribution in [3.8, 4) is 11.6 Å². The molecule has 0 spiro atoms. The number of anilines is 1. The maximum Gasteiger partial charge on any atom is 0.312 e. The number of hydrogen-bond donors (Lipinski definition) is 2. The number of hydrogen-bond acceptors (Lipinski definition) is 7. The summed E-state index contributed by atoms with van der Waals surface area (Å²) in [6.45, 7) is 0. The summed E-state index contributed by atoms with van der Waals surface area (Å²) in [5.74, 6) is 0.0424. The first kappa shape index (κ1) is 13.2. The van der Waals surface area contributed by atoms with Gasteiger partial charge in [0.05, 0.1) is 15.7 Å². The molecule has 3 aromatic rings. The Hall–Kier alpha value is -2.75. The Morgan fingerprint density at radius 1 is 1.38 bits per heavy atom. The van der Waals surface area contributed by atoms with Gasteiger partial charge in [-0.3, -0.25) is 10.1 Å². The minimum atomic E-state index is -0.547. The van der Waals surface area contributed by atoms with E-state index in [1.54, 1.807) is 6.07 Å². The first-order valence-electron chi connectivity index (χ1n) is 5.63. The van der Waals surface area contributed by atoms with E-state index in [0.29, 0.717) is 15.6 Å². The molecule has 0 amide bonds. The maximum absolute atomic E-state index is 11.1. The lowest BCUT2D eigenvalue weighted by Gasteiger charge is -2.08. The summed E-state index contributed by atoms with van der Waals surface area (Å²) in [6, 6.07) is 4.49. The lowest BCUT2D eigenvalue weighted by Crippen LogP contribution is -2.00. The molecular weight excluding hydrogens is 344 g/mol. The molecule has 2 aromatic heterocycles. The minimum Gasteiger partial charge on any atom is -0.428 e. The number of H-pyrrole nitrogens is 1. The van der Waals surface area contributed by atoms with Crippen LogP contribution in [0.25, 0.3) is 11.2 Å². The van der Waals surface area contributed by atoms with Crippen LogP contribution in [-0.2, 0) is 0 Å². The third-order valence-electron chi connectivity index (χ3n) is 2.61. The average Bonchev–Trinajstić information content (AvgIpc) is 2.88. The summed E-state index contributed by atoms with van der Waals surface area (Å²) >= 11 is 3.22. The number of ether oxygens (including phenoxy) is 1. The van der Waals surface area contributed by atoms with Crippen LogP contribution in [0.3, 0.4) is 0 Å². The molecule has 21 heavy (non-hydrogen) atoms. The highest BCUT2D eigenvalue weighted by molar-refractivity contribution is 9.10. The predicted molar refractivity (Wildman–Crippen MR) is 77.0 cm³/mol. The predicted octanol–water partition coefficient (Wildman–Crippen LogP) is 2.40. The third kappa shape index (κ3) is 2.36. The topological polar surface area (TPSA) is 133 Å². The van der Waals surface area contributed by atoms with Gasteiger partial charge in [-0.15, -0.1) is 0 Å².